The zero-order valence-corrected chi connectivity index (χ0v) is 16.1. The lowest BCUT2D eigenvalue weighted by atomic mass is 10.1. The summed E-state index contributed by atoms with van der Waals surface area (Å²) in [5.41, 5.74) is 1.16. The van der Waals surface area contributed by atoms with Gasteiger partial charge in [0.15, 0.2) is 0 Å². The van der Waals surface area contributed by atoms with Crippen LogP contribution in [0.2, 0.25) is 0 Å². The van der Waals surface area contributed by atoms with Crippen molar-refractivity contribution in [2.24, 2.45) is 0 Å². The Balaban J connectivity index is 1.25. The number of hydrogen-bond donors (Lipinski definition) is 1. The maximum Gasteiger partial charge on any atom is 0.325 e. The quantitative estimate of drug-likeness (QED) is 0.753. The van der Waals surface area contributed by atoms with Crippen LogP contribution in [-0.4, -0.2) is 59.9 Å². The number of anilines is 1. The minimum absolute atomic E-state index is 0.0178. The molecule has 2 saturated heterocycles. The largest absolute Gasteiger partial charge is 0.467 e. The van der Waals surface area contributed by atoms with Crippen molar-refractivity contribution in [3.63, 3.8) is 0 Å². The average molecular weight is 396 g/mol. The first-order chi connectivity index (χ1) is 14.1. The number of piperazine rings is 1. The molecule has 4 amide bonds. The van der Waals surface area contributed by atoms with Crippen LogP contribution in [0.25, 0.3) is 0 Å². The van der Waals surface area contributed by atoms with Crippen molar-refractivity contribution in [2.45, 2.75) is 25.4 Å². The molecule has 0 radical (unpaired) electrons. The number of nitrogens with zero attached hydrogens (tertiary/aromatic N) is 3. The SMILES string of the molecule is O=C(CC[C@H]1NC(=O)N(Cc2ccco2)C1=O)N1CCN(c2ccccc2)CC1. The highest BCUT2D eigenvalue weighted by molar-refractivity contribution is 6.04. The summed E-state index contributed by atoms with van der Waals surface area (Å²) in [5, 5.41) is 2.67. The van der Waals surface area contributed by atoms with E-state index in [9.17, 15) is 14.4 Å². The van der Waals surface area contributed by atoms with Gasteiger partial charge >= 0.3 is 6.03 Å². The highest BCUT2D eigenvalue weighted by Gasteiger charge is 2.38. The monoisotopic (exact) mass is 396 g/mol. The van der Waals surface area contributed by atoms with Gasteiger partial charge in [0.2, 0.25) is 5.91 Å². The minimum Gasteiger partial charge on any atom is -0.467 e. The first kappa shape index (κ1) is 19.0. The van der Waals surface area contributed by atoms with Crippen LogP contribution in [0.3, 0.4) is 0 Å². The van der Waals surface area contributed by atoms with Gasteiger partial charge < -0.3 is 19.5 Å². The Morgan fingerprint density at radius 1 is 1.03 bits per heavy atom. The highest BCUT2D eigenvalue weighted by Crippen LogP contribution is 2.18. The molecule has 8 heteroatoms. The molecule has 152 valence electrons. The summed E-state index contributed by atoms with van der Waals surface area (Å²) in [6, 6.07) is 12.5. The smallest absolute Gasteiger partial charge is 0.325 e. The van der Waals surface area contributed by atoms with Gasteiger partial charge in [0, 0.05) is 38.3 Å². The highest BCUT2D eigenvalue weighted by atomic mass is 16.3. The number of carbonyl (C=O) groups is 3. The second kappa shape index (κ2) is 8.38. The molecule has 0 spiro atoms. The molecule has 8 nitrogen and oxygen atoms in total. The zero-order valence-electron chi connectivity index (χ0n) is 16.1. The molecular weight excluding hydrogens is 372 g/mol. The number of para-hydroxylation sites is 1. The second-order valence-corrected chi connectivity index (χ2v) is 7.25. The van der Waals surface area contributed by atoms with E-state index >= 15 is 0 Å². The predicted molar refractivity (Wildman–Crippen MR) is 106 cm³/mol. The van der Waals surface area contributed by atoms with Crippen molar-refractivity contribution in [1.29, 1.82) is 0 Å². The van der Waals surface area contributed by atoms with Crippen LogP contribution in [-0.2, 0) is 16.1 Å². The third kappa shape index (κ3) is 4.26. The number of amides is 4. The number of nitrogens with one attached hydrogen (secondary N) is 1. The summed E-state index contributed by atoms with van der Waals surface area (Å²) in [7, 11) is 0. The normalized spacial score (nSPS) is 19.6. The topological polar surface area (TPSA) is 86.1 Å². The predicted octanol–water partition coefficient (Wildman–Crippen LogP) is 1.83. The molecule has 2 aliphatic rings. The Labute approximate surface area is 169 Å². The van der Waals surface area contributed by atoms with Crippen molar-refractivity contribution in [3.8, 4) is 0 Å². The summed E-state index contributed by atoms with van der Waals surface area (Å²) in [4.78, 5) is 42.4. The zero-order chi connectivity index (χ0) is 20.2. The maximum absolute atomic E-state index is 12.6. The van der Waals surface area contributed by atoms with Crippen LogP contribution in [0.4, 0.5) is 10.5 Å². The van der Waals surface area contributed by atoms with E-state index in [2.05, 4.69) is 22.3 Å². The van der Waals surface area contributed by atoms with Crippen molar-refractivity contribution in [2.75, 3.05) is 31.1 Å². The first-order valence-electron chi connectivity index (χ1n) is 9.84. The summed E-state index contributed by atoms with van der Waals surface area (Å²) < 4.78 is 5.21. The number of imide groups is 1. The van der Waals surface area contributed by atoms with Gasteiger partial charge in [-0.2, -0.15) is 0 Å². The van der Waals surface area contributed by atoms with Gasteiger partial charge in [0.05, 0.1) is 12.8 Å². The van der Waals surface area contributed by atoms with Gasteiger partial charge in [0.25, 0.3) is 5.91 Å². The van der Waals surface area contributed by atoms with E-state index in [-0.39, 0.29) is 24.8 Å². The first-order valence-corrected chi connectivity index (χ1v) is 9.84. The fourth-order valence-corrected chi connectivity index (χ4v) is 3.76. The summed E-state index contributed by atoms with van der Waals surface area (Å²) in [5.74, 6) is 0.249. The molecule has 1 atom stereocenters. The van der Waals surface area contributed by atoms with Crippen LogP contribution in [0, 0.1) is 0 Å². The van der Waals surface area contributed by atoms with E-state index in [1.54, 1.807) is 12.1 Å². The molecule has 1 N–H and O–H groups in total. The van der Waals surface area contributed by atoms with Crippen LogP contribution in [0.1, 0.15) is 18.6 Å². The molecule has 1 aromatic heterocycles. The Kier molecular flexibility index (Phi) is 5.50. The van der Waals surface area contributed by atoms with E-state index in [1.165, 1.54) is 6.26 Å². The lowest BCUT2D eigenvalue weighted by Gasteiger charge is -2.36. The van der Waals surface area contributed by atoms with Gasteiger partial charge in [-0.3, -0.25) is 14.5 Å². The Morgan fingerprint density at radius 2 is 1.79 bits per heavy atom. The number of benzene rings is 1. The number of hydrogen-bond acceptors (Lipinski definition) is 5. The van der Waals surface area contributed by atoms with Gasteiger partial charge in [0.1, 0.15) is 11.8 Å². The summed E-state index contributed by atoms with van der Waals surface area (Å²) >= 11 is 0. The van der Waals surface area contributed by atoms with Gasteiger partial charge in [-0.05, 0) is 30.7 Å². The molecule has 29 heavy (non-hydrogen) atoms. The Morgan fingerprint density at radius 3 is 2.48 bits per heavy atom. The molecule has 2 aliphatic heterocycles. The van der Waals surface area contributed by atoms with Crippen LogP contribution in [0.5, 0.6) is 0 Å². The van der Waals surface area contributed by atoms with E-state index < -0.39 is 12.1 Å². The van der Waals surface area contributed by atoms with Crippen molar-refractivity contribution in [1.82, 2.24) is 15.1 Å². The van der Waals surface area contributed by atoms with Gasteiger partial charge in [-0.15, -0.1) is 0 Å². The Hall–Kier alpha value is -3.29. The number of furan rings is 1. The minimum atomic E-state index is -0.660. The number of carbonyl (C=O) groups excluding carboxylic acids is 3. The molecule has 0 aliphatic carbocycles. The summed E-state index contributed by atoms with van der Waals surface area (Å²) in [6.45, 7) is 2.98. The standard InChI is InChI=1S/C21H24N4O4/c26-19(24-12-10-23(11-13-24)16-5-2-1-3-6-16)9-8-18-20(27)25(21(28)22-18)15-17-7-4-14-29-17/h1-7,14,18H,8-13,15H2,(H,22,28)/t18-/m1/s1. The van der Waals surface area contributed by atoms with Crippen LogP contribution < -0.4 is 10.2 Å². The van der Waals surface area contributed by atoms with Crippen molar-refractivity contribution >= 4 is 23.5 Å². The van der Waals surface area contributed by atoms with Gasteiger partial charge in [-0.25, -0.2) is 4.79 Å². The number of rotatable bonds is 6. The molecule has 1 aromatic carbocycles. The summed E-state index contributed by atoms with van der Waals surface area (Å²) in [6.07, 6.45) is 2.04. The molecule has 2 fully saturated rings. The van der Waals surface area contributed by atoms with E-state index in [1.807, 2.05) is 23.1 Å². The van der Waals surface area contributed by atoms with Crippen molar-refractivity contribution < 1.29 is 18.8 Å². The molecule has 4 rings (SSSR count). The Bertz CT molecular complexity index is 860. The van der Waals surface area contributed by atoms with E-state index in [0.717, 1.165) is 23.7 Å². The van der Waals surface area contributed by atoms with E-state index in [4.69, 9.17) is 4.42 Å². The fraction of sp³-hybridized carbons (Fsp3) is 0.381. The lowest BCUT2D eigenvalue weighted by Crippen LogP contribution is -2.49. The van der Waals surface area contributed by atoms with Crippen LogP contribution in [0.15, 0.2) is 53.1 Å². The average Bonchev–Trinajstić information content (AvgIpc) is 3.36. The second-order valence-electron chi connectivity index (χ2n) is 7.25. The third-order valence-corrected chi connectivity index (χ3v) is 5.40. The molecule has 0 unspecified atom stereocenters. The molecule has 0 saturated carbocycles. The fourth-order valence-electron chi connectivity index (χ4n) is 3.76. The molecule has 2 aromatic rings. The number of urea groups is 1. The van der Waals surface area contributed by atoms with Gasteiger partial charge in [-0.1, -0.05) is 18.2 Å². The van der Waals surface area contributed by atoms with Crippen LogP contribution >= 0.6 is 0 Å². The maximum atomic E-state index is 12.6. The van der Waals surface area contributed by atoms with E-state index in [0.29, 0.717) is 25.3 Å². The molecule has 0 bridgehead atoms. The van der Waals surface area contributed by atoms with Crippen molar-refractivity contribution in [3.05, 3.63) is 54.5 Å². The molecular formula is C21H24N4O4. The lowest BCUT2D eigenvalue weighted by molar-refractivity contribution is -0.132. The molecule has 3 heterocycles. The third-order valence-electron chi connectivity index (χ3n) is 5.40.